The highest BCUT2D eigenvalue weighted by Gasteiger charge is 2.30. The SMILES string of the molecule is CCc1ccc(-c2csc(NC(=O)CSc3nnc(Cc4cccs4)n3C3CC3)n2)cc1. The molecule has 1 fully saturated rings. The lowest BCUT2D eigenvalue weighted by atomic mass is 10.1. The zero-order chi connectivity index (χ0) is 21.9. The van der Waals surface area contributed by atoms with Crippen molar-refractivity contribution in [2.75, 3.05) is 11.1 Å². The van der Waals surface area contributed by atoms with Gasteiger partial charge in [0, 0.05) is 28.3 Å². The second-order valence-electron chi connectivity index (χ2n) is 7.68. The number of aromatic nitrogens is 4. The zero-order valence-electron chi connectivity index (χ0n) is 17.7. The van der Waals surface area contributed by atoms with Gasteiger partial charge in [-0.2, -0.15) is 0 Å². The van der Waals surface area contributed by atoms with Crippen molar-refractivity contribution in [2.24, 2.45) is 0 Å². The highest BCUT2D eigenvalue weighted by Crippen LogP contribution is 2.39. The molecular formula is C23H23N5OS3. The topological polar surface area (TPSA) is 72.7 Å². The van der Waals surface area contributed by atoms with Gasteiger partial charge < -0.3 is 9.88 Å². The number of hydrogen-bond acceptors (Lipinski definition) is 7. The van der Waals surface area contributed by atoms with Crippen molar-refractivity contribution < 1.29 is 4.79 Å². The number of nitrogens with zero attached hydrogens (tertiary/aromatic N) is 4. The molecule has 3 aromatic heterocycles. The molecule has 1 saturated carbocycles. The third kappa shape index (κ3) is 4.95. The van der Waals surface area contributed by atoms with Gasteiger partial charge in [0.1, 0.15) is 5.82 Å². The molecule has 9 heteroatoms. The van der Waals surface area contributed by atoms with E-state index in [1.807, 2.05) is 5.38 Å². The summed E-state index contributed by atoms with van der Waals surface area (Å²) in [5.74, 6) is 1.18. The first-order chi connectivity index (χ1) is 15.7. The van der Waals surface area contributed by atoms with Gasteiger partial charge in [0.25, 0.3) is 0 Å². The van der Waals surface area contributed by atoms with Gasteiger partial charge in [-0.25, -0.2) is 4.98 Å². The second-order valence-corrected chi connectivity index (χ2v) is 10.5. The average molecular weight is 482 g/mol. The summed E-state index contributed by atoms with van der Waals surface area (Å²) in [5.41, 5.74) is 3.24. The van der Waals surface area contributed by atoms with Crippen LogP contribution in [0.1, 0.15) is 42.1 Å². The molecule has 3 heterocycles. The number of carbonyl (C=O) groups excluding carboxylic acids is 1. The number of nitrogens with one attached hydrogen (secondary N) is 1. The number of thiazole rings is 1. The smallest absolute Gasteiger partial charge is 0.236 e. The van der Waals surface area contributed by atoms with E-state index in [0.717, 1.165) is 47.9 Å². The van der Waals surface area contributed by atoms with Crippen LogP contribution >= 0.6 is 34.4 Å². The lowest BCUT2D eigenvalue weighted by Gasteiger charge is -2.08. The van der Waals surface area contributed by atoms with Crippen LogP contribution in [0, 0.1) is 0 Å². The minimum Gasteiger partial charge on any atom is -0.303 e. The maximum absolute atomic E-state index is 12.6. The molecule has 0 unspecified atom stereocenters. The Bertz CT molecular complexity index is 1190. The molecule has 1 amide bonds. The third-order valence-corrected chi connectivity index (χ3v) is 7.88. The van der Waals surface area contributed by atoms with Gasteiger partial charge >= 0.3 is 0 Å². The average Bonchev–Trinajstić information content (AvgIpc) is 3.18. The Kier molecular flexibility index (Phi) is 6.38. The number of carbonyl (C=O) groups is 1. The summed E-state index contributed by atoms with van der Waals surface area (Å²) in [7, 11) is 0. The van der Waals surface area contributed by atoms with Crippen molar-refractivity contribution in [2.45, 2.75) is 43.8 Å². The molecule has 0 saturated heterocycles. The monoisotopic (exact) mass is 481 g/mol. The number of anilines is 1. The Hall–Kier alpha value is -2.49. The first kappa shape index (κ1) is 21.4. The van der Waals surface area contributed by atoms with Crippen molar-refractivity contribution in [1.29, 1.82) is 0 Å². The number of benzene rings is 1. The molecule has 1 aliphatic rings. The number of amides is 1. The van der Waals surface area contributed by atoms with Crippen molar-refractivity contribution >= 4 is 45.5 Å². The molecule has 6 nitrogen and oxygen atoms in total. The van der Waals surface area contributed by atoms with Gasteiger partial charge in [0.05, 0.1) is 11.4 Å². The maximum atomic E-state index is 12.6. The molecule has 0 radical (unpaired) electrons. The van der Waals surface area contributed by atoms with Crippen LogP contribution in [-0.2, 0) is 17.6 Å². The minimum atomic E-state index is -0.0811. The molecule has 164 valence electrons. The largest absolute Gasteiger partial charge is 0.303 e. The first-order valence-corrected chi connectivity index (χ1v) is 13.4. The Morgan fingerprint density at radius 1 is 1.19 bits per heavy atom. The predicted octanol–water partition coefficient (Wildman–Crippen LogP) is 5.68. The van der Waals surface area contributed by atoms with Crippen molar-refractivity contribution in [3.05, 3.63) is 63.4 Å². The number of thiophene rings is 1. The van der Waals surface area contributed by atoms with Gasteiger partial charge in [-0.05, 0) is 36.3 Å². The summed E-state index contributed by atoms with van der Waals surface area (Å²) in [5, 5.41) is 17.2. The molecule has 0 aliphatic heterocycles. The van der Waals surface area contributed by atoms with E-state index < -0.39 is 0 Å². The molecule has 5 rings (SSSR count). The molecular weight excluding hydrogens is 458 g/mol. The quantitative estimate of drug-likeness (QED) is 0.311. The van der Waals surface area contributed by atoms with Crippen molar-refractivity contribution in [1.82, 2.24) is 19.7 Å². The van der Waals surface area contributed by atoms with Crippen molar-refractivity contribution in [3.8, 4) is 11.3 Å². The van der Waals surface area contributed by atoms with Crippen LogP contribution in [0.5, 0.6) is 0 Å². The highest BCUT2D eigenvalue weighted by atomic mass is 32.2. The summed E-state index contributed by atoms with van der Waals surface area (Å²) in [4.78, 5) is 18.4. The fourth-order valence-corrected chi connectivity index (χ4v) is 5.72. The van der Waals surface area contributed by atoms with Crippen LogP contribution in [0.4, 0.5) is 5.13 Å². The maximum Gasteiger partial charge on any atom is 0.236 e. The van der Waals surface area contributed by atoms with E-state index in [0.29, 0.717) is 11.2 Å². The fourth-order valence-electron chi connectivity index (χ4n) is 3.46. The van der Waals surface area contributed by atoms with Crippen LogP contribution < -0.4 is 5.32 Å². The summed E-state index contributed by atoms with van der Waals surface area (Å²) >= 11 is 4.62. The molecule has 0 spiro atoms. The second kappa shape index (κ2) is 9.56. The van der Waals surface area contributed by atoms with Gasteiger partial charge in [0.2, 0.25) is 5.91 Å². The Balaban J connectivity index is 1.20. The lowest BCUT2D eigenvalue weighted by Crippen LogP contribution is -2.14. The molecule has 4 aromatic rings. The van der Waals surface area contributed by atoms with E-state index in [-0.39, 0.29) is 11.7 Å². The fraction of sp³-hybridized carbons (Fsp3) is 0.304. The van der Waals surface area contributed by atoms with E-state index in [1.54, 1.807) is 11.3 Å². The van der Waals surface area contributed by atoms with Crippen LogP contribution in [0.15, 0.2) is 52.3 Å². The Morgan fingerprint density at radius 3 is 2.75 bits per heavy atom. The van der Waals surface area contributed by atoms with Gasteiger partial charge in [-0.15, -0.1) is 32.9 Å². The molecule has 1 aromatic carbocycles. The van der Waals surface area contributed by atoms with Crippen LogP contribution in [-0.4, -0.2) is 31.4 Å². The van der Waals surface area contributed by atoms with Crippen LogP contribution in [0.3, 0.4) is 0 Å². The van der Waals surface area contributed by atoms with E-state index in [2.05, 4.69) is 73.8 Å². The summed E-state index contributed by atoms with van der Waals surface area (Å²) < 4.78 is 2.22. The third-order valence-electron chi connectivity index (χ3n) is 5.30. The molecule has 1 aliphatic carbocycles. The van der Waals surface area contributed by atoms with Crippen LogP contribution in [0.2, 0.25) is 0 Å². The Morgan fingerprint density at radius 2 is 2.03 bits per heavy atom. The van der Waals surface area contributed by atoms with E-state index in [4.69, 9.17) is 0 Å². The minimum absolute atomic E-state index is 0.0811. The lowest BCUT2D eigenvalue weighted by molar-refractivity contribution is -0.113. The normalized spacial score (nSPS) is 13.4. The highest BCUT2D eigenvalue weighted by molar-refractivity contribution is 7.99. The molecule has 32 heavy (non-hydrogen) atoms. The molecule has 0 atom stereocenters. The number of thioether (sulfide) groups is 1. The summed E-state index contributed by atoms with van der Waals surface area (Å²) in [6, 6.07) is 13.0. The van der Waals surface area contributed by atoms with Gasteiger partial charge in [0.15, 0.2) is 10.3 Å². The number of hydrogen-bond donors (Lipinski definition) is 1. The molecule has 0 bridgehead atoms. The Labute approximate surface area is 199 Å². The molecule has 1 N–H and O–H groups in total. The van der Waals surface area contributed by atoms with E-state index in [1.165, 1.54) is 33.5 Å². The van der Waals surface area contributed by atoms with Gasteiger partial charge in [-0.1, -0.05) is 49.0 Å². The summed E-state index contributed by atoms with van der Waals surface area (Å²) in [6.45, 7) is 2.14. The number of rotatable bonds is 9. The van der Waals surface area contributed by atoms with E-state index >= 15 is 0 Å². The predicted molar refractivity (Wildman–Crippen MR) is 132 cm³/mol. The van der Waals surface area contributed by atoms with E-state index in [9.17, 15) is 4.79 Å². The first-order valence-electron chi connectivity index (χ1n) is 10.6. The van der Waals surface area contributed by atoms with Crippen molar-refractivity contribution in [3.63, 3.8) is 0 Å². The standard InChI is InChI=1S/C23H23N5OS3/c1-2-15-5-7-16(8-6-15)19-13-31-22(24-19)25-21(29)14-32-23-27-26-20(28(23)17-9-10-17)12-18-4-3-11-30-18/h3-8,11,13,17H,2,9-10,12,14H2,1H3,(H,24,25,29). The number of aryl methyl sites for hydroxylation is 1. The van der Waals surface area contributed by atoms with Crippen LogP contribution in [0.25, 0.3) is 11.3 Å². The summed E-state index contributed by atoms with van der Waals surface area (Å²) in [6.07, 6.45) is 4.10. The van der Waals surface area contributed by atoms with Gasteiger partial charge in [-0.3, -0.25) is 4.79 Å². The zero-order valence-corrected chi connectivity index (χ0v) is 20.1.